The van der Waals surface area contributed by atoms with Gasteiger partial charge in [-0.15, -0.1) is 0 Å². The number of rotatable bonds is 0. The Hall–Kier alpha value is -3.12. The van der Waals surface area contributed by atoms with Gasteiger partial charge in [0.2, 0.25) is 0 Å². The highest BCUT2D eigenvalue weighted by atomic mass is 15.2. The SMILES string of the molecule is c1ccc2c(c1)[C@@H]1C3C4[C@H]2C25[C@@H]6c7ccccc7[C@H]7C8C6[C@@H]6c9ccccc9[C@H]8C8([C@H]3c3ccccc3[C@@H]4C682)C175. The normalized spacial score (nSPS) is 58.4. The summed E-state index contributed by atoms with van der Waals surface area (Å²) in [4.78, 5) is 0. The standard InChI is InChI=1S/C40H28/c1-2-10-18-17(9-1)29-25-26-30(18)38-34-22-14-6-4-12-20(22)32-27-28(34)36-24-16-8-7-15-23(24)35(27)39(37(29,32)38)31(25)19-11-3-5-13-21(19)33(26)40(36,38)39/h1-16,25-36H/t25?,26?,27?,28?,29-,30-,31-,32-,33+,34+,35+,36-,37?,38?,39?,40?/m0/s1. The van der Waals surface area contributed by atoms with Gasteiger partial charge in [0.15, 0.2) is 0 Å². The van der Waals surface area contributed by atoms with Gasteiger partial charge in [-0.2, -0.15) is 0 Å². The molecule has 0 aliphatic heterocycles. The van der Waals surface area contributed by atoms with Crippen molar-refractivity contribution in [2.75, 3.05) is 0 Å². The molecule has 4 aromatic rings. The maximum absolute atomic E-state index is 2.63. The number of benzene rings is 4. The summed E-state index contributed by atoms with van der Waals surface area (Å²) < 4.78 is 0. The highest BCUT2D eigenvalue weighted by molar-refractivity contribution is 5.81. The van der Waals surface area contributed by atoms with Crippen LogP contribution in [0.1, 0.15) is 91.9 Å². The van der Waals surface area contributed by atoms with Crippen LogP contribution in [0.3, 0.4) is 0 Å². The average molecular weight is 509 g/mol. The second kappa shape index (κ2) is 4.65. The largest absolute Gasteiger partial charge is 0.0620 e. The lowest BCUT2D eigenvalue weighted by Crippen LogP contribution is -2.82. The number of hydrogen-bond acceptors (Lipinski definition) is 0. The van der Waals surface area contributed by atoms with Gasteiger partial charge >= 0.3 is 0 Å². The van der Waals surface area contributed by atoms with Crippen molar-refractivity contribution in [3.05, 3.63) is 142 Å². The first-order valence-electron chi connectivity index (χ1n) is 16.3. The van der Waals surface area contributed by atoms with Gasteiger partial charge in [-0.1, -0.05) is 97.1 Å². The molecule has 16 bridgehead atoms. The minimum absolute atomic E-state index is 0.472. The highest BCUT2D eigenvalue weighted by Gasteiger charge is 3.16. The Labute approximate surface area is 233 Å². The second-order valence-electron chi connectivity index (χ2n) is 16.1. The Kier molecular flexibility index (Phi) is 2.13. The zero-order valence-electron chi connectivity index (χ0n) is 22.2. The van der Waals surface area contributed by atoms with E-state index in [1.807, 2.05) is 44.5 Å². The van der Waals surface area contributed by atoms with Crippen molar-refractivity contribution in [2.24, 2.45) is 45.3 Å². The maximum Gasteiger partial charge on any atom is -0.000519 e. The van der Waals surface area contributed by atoms with E-state index in [2.05, 4.69) is 97.1 Å². The molecule has 17 aliphatic rings. The molecule has 4 aromatic carbocycles. The summed E-state index contributed by atoms with van der Waals surface area (Å²) in [6.07, 6.45) is 0. The zero-order valence-corrected chi connectivity index (χ0v) is 22.2. The molecule has 0 heterocycles. The van der Waals surface area contributed by atoms with Crippen molar-refractivity contribution in [3.63, 3.8) is 0 Å². The fourth-order valence-corrected chi connectivity index (χ4v) is 19.1. The van der Waals surface area contributed by atoms with Crippen LogP contribution in [-0.4, -0.2) is 0 Å². The first kappa shape index (κ1) is 18.3. The van der Waals surface area contributed by atoms with E-state index in [0.29, 0.717) is 21.7 Å². The molecule has 9 saturated carbocycles. The lowest BCUT2D eigenvalue weighted by Gasteiger charge is -2.87. The summed E-state index contributed by atoms with van der Waals surface area (Å²) in [5, 5.41) is 0. The van der Waals surface area contributed by atoms with Crippen LogP contribution in [0.2, 0.25) is 0 Å². The molecule has 188 valence electrons. The van der Waals surface area contributed by atoms with Crippen molar-refractivity contribution in [1.82, 2.24) is 0 Å². The molecule has 0 heteroatoms. The van der Waals surface area contributed by atoms with Crippen molar-refractivity contribution >= 4 is 0 Å². The van der Waals surface area contributed by atoms with Gasteiger partial charge in [0.05, 0.1) is 0 Å². The van der Waals surface area contributed by atoms with Gasteiger partial charge in [-0.25, -0.2) is 0 Å². The zero-order chi connectivity index (χ0) is 24.9. The van der Waals surface area contributed by atoms with E-state index in [1.54, 1.807) is 0 Å². The molecular weight excluding hydrogens is 480 g/mol. The average Bonchev–Trinajstić information content (AvgIpc) is 3.45. The molecule has 0 aromatic heterocycles. The smallest absolute Gasteiger partial charge is 0.000519 e. The van der Waals surface area contributed by atoms with Gasteiger partial charge in [-0.3, -0.25) is 0 Å². The molecule has 0 radical (unpaired) electrons. The predicted octanol–water partition coefficient (Wildman–Crippen LogP) is 8.02. The third kappa shape index (κ3) is 1.03. The van der Waals surface area contributed by atoms with Crippen LogP contribution >= 0.6 is 0 Å². The van der Waals surface area contributed by atoms with Gasteiger partial charge in [0.25, 0.3) is 0 Å². The van der Waals surface area contributed by atoms with E-state index in [0.717, 1.165) is 71.0 Å². The summed E-state index contributed by atoms with van der Waals surface area (Å²) in [6.45, 7) is 0. The quantitative estimate of drug-likeness (QED) is 0.226. The van der Waals surface area contributed by atoms with Crippen LogP contribution in [0.4, 0.5) is 0 Å². The van der Waals surface area contributed by atoms with Crippen molar-refractivity contribution in [1.29, 1.82) is 0 Å². The van der Waals surface area contributed by atoms with Gasteiger partial charge < -0.3 is 0 Å². The van der Waals surface area contributed by atoms with Crippen molar-refractivity contribution < 1.29 is 0 Å². The fraction of sp³-hybridized carbons (Fsp3) is 0.400. The Bertz CT molecular complexity index is 1610. The summed E-state index contributed by atoms with van der Waals surface area (Å²) in [7, 11) is 0. The summed E-state index contributed by atoms with van der Waals surface area (Å²) in [6, 6.07) is 40.3. The van der Waals surface area contributed by atoms with E-state index in [9.17, 15) is 0 Å². The third-order valence-corrected chi connectivity index (χ3v) is 17.3. The minimum Gasteiger partial charge on any atom is -0.0620 e. The fourth-order valence-electron chi connectivity index (χ4n) is 19.1. The topological polar surface area (TPSA) is 0 Å². The Morgan fingerprint density at radius 1 is 0.250 bits per heavy atom. The van der Waals surface area contributed by atoms with E-state index in [4.69, 9.17) is 0 Å². The first-order valence-corrected chi connectivity index (χ1v) is 16.3. The van der Waals surface area contributed by atoms with Gasteiger partial charge in [-0.05, 0) is 137 Å². The van der Waals surface area contributed by atoms with E-state index >= 15 is 0 Å². The molecule has 8 unspecified atom stereocenters. The lowest BCUT2D eigenvalue weighted by molar-refractivity contribution is -0.342. The Morgan fingerprint density at radius 2 is 0.400 bits per heavy atom. The monoisotopic (exact) mass is 508 g/mol. The van der Waals surface area contributed by atoms with Crippen LogP contribution in [0.5, 0.6) is 0 Å². The molecular formula is C40H28. The van der Waals surface area contributed by atoms with E-state index in [-0.39, 0.29) is 0 Å². The van der Waals surface area contributed by atoms with E-state index in [1.165, 1.54) is 0 Å². The minimum atomic E-state index is 0.472. The molecule has 0 nitrogen and oxygen atoms in total. The maximum atomic E-state index is 2.63. The van der Waals surface area contributed by atoms with Crippen LogP contribution in [-0.2, 0) is 0 Å². The molecule has 0 N–H and O–H groups in total. The van der Waals surface area contributed by atoms with Crippen LogP contribution < -0.4 is 0 Å². The summed E-state index contributed by atoms with van der Waals surface area (Å²) in [5.74, 6) is 9.62. The highest BCUT2D eigenvalue weighted by Crippen LogP contribution is 3.22. The van der Waals surface area contributed by atoms with Crippen molar-refractivity contribution in [2.45, 2.75) is 47.3 Å². The molecule has 21 rings (SSSR count). The predicted molar refractivity (Wildman–Crippen MR) is 151 cm³/mol. The Balaban J connectivity index is 1.26. The first-order chi connectivity index (χ1) is 19.9. The third-order valence-electron chi connectivity index (χ3n) is 17.3. The van der Waals surface area contributed by atoms with Crippen LogP contribution in [0.15, 0.2) is 97.1 Å². The van der Waals surface area contributed by atoms with E-state index < -0.39 is 0 Å². The molecule has 4 spiro atoms. The summed E-state index contributed by atoms with van der Waals surface area (Å²) in [5.41, 5.74) is 16.4. The van der Waals surface area contributed by atoms with Crippen LogP contribution in [0, 0.1) is 45.3 Å². The van der Waals surface area contributed by atoms with Gasteiger partial charge in [0.1, 0.15) is 0 Å². The van der Waals surface area contributed by atoms with Crippen LogP contribution in [0.25, 0.3) is 0 Å². The summed E-state index contributed by atoms with van der Waals surface area (Å²) >= 11 is 0. The molecule has 0 saturated heterocycles. The lowest BCUT2D eigenvalue weighted by atomic mass is 9.15. The molecule has 16 atom stereocenters. The Morgan fingerprint density at radius 3 is 0.550 bits per heavy atom. The molecule has 40 heavy (non-hydrogen) atoms. The van der Waals surface area contributed by atoms with Gasteiger partial charge in [0, 0.05) is 0 Å². The second-order valence-corrected chi connectivity index (χ2v) is 16.1. The van der Waals surface area contributed by atoms with Crippen molar-refractivity contribution in [3.8, 4) is 0 Å². The molecule has 0 amide bonds. The molecule has 9 fully saturated rings. The number of hydrogen-bond donors (Lipinski definition) is 0. The molecule has 17 aliphatic carbocycles.